The van der Waals surface area contributed by atoms with Gasteiger partial charge in [0.1, 0.15) is 5.82 Å². The molecule has 0 aliphatic carbocycles. The molecule has 0 spiro atoms. The molecule has 5 heteroatoms. The first-order chi connectivity index (χ1) is 8.20. The minimum atomic E-state index is -0.450. The van der Waals surface area contributed by atoms with E-state index in [4.69, 9.17) is 0 Å². The van der Waals surface area contributed by atoms with Gasteiger partial charge in [0, 0.05) is 11.8 Å². The minimum Gasteiger partial charge on any atom is -0.465 e. The molecule has 0 radical (unpaired) electrons. The molecule has 2 rings (SSSR count). The number of ether oxygens (including phenoxy) is 1. The lowest BCUT2D eigenvalue weighted by Gasteiger charge is -2.14. The van der Waals surface area contributed by atoms with Gasteiger partial charge in [-0.1, -0.05) is 0 Å². The molecule has 1 aliphatic rings. The molecule has 0 saturated carbocycles. The van der Waals surface area contributed by atoms with Gasteiger partial charge in [0.2, 0.25) is 0 Å². The first-order valence-corrected chi connectivity index (χ1v) is 6.58. The average Bonchev–Trinajstić information content (AvgIpc) is 2.84. The summed E-state index contributed by atoms with van der Waals surface area (Å²) in [6, 6.07) is 4.50. The summed E-state index contributed by atoms with van der Waals surface area (Å²) in [5.41, 5.74) is 0.738. The van der Waals surface area contributed by atoms with Crippen molar-refractivity contribution in [2.45, 2.75) is 12.5 Å². The Hall–Kier alpha value is -1.23. The maximum absolute atomic E-state index is 13.6. The van der Waals surface area contributed by atoms with E-state index in [2.05, 4.69) is 10.1 Å². The monoisotopic (exact) mass is 255 g/mol. The number of anilines is 1. The van der Waals surface area contributed by atoms with Crippen LogP contribution in [0.2, 0.25) is 0 Å². The zero-order valence-corrected chi connectivity index (χ0v) is 10.3. The molecule has 0 amide bonds. The fourth-order valence-electron chi connectivity index (χ4n) is 1.75. The number of nitrogens with one attached hydrogen (secondary N) is 1. The van der Waals surface area contributed by atoms with Gasteiger partial charge in [-0.25, -0.2) is 9.18 Å². The van der Waals surface area contributed by atoms with Gasteiger partial charge >= 0.3 is 5.97 Å². The Morgan fingerprint density at radius 1 is 1.59 bits per heavy atom. The summed E-state index contributed by atoms with van der Waals surface area (Å²) in [6.45, 7) is 0. The van der Waals surface area contributed by atoms with E-state index in [1.54, 1.807) is 0 Å². The van der Waals surface area contributed by atoms with Crippen LogP contribution in [0.1, 0.15) is 16.8 Å². The zero-order chi connectivity index (χ0) is 12.3. The summed E-state index contributed by atoms with van der Waals surface area (Å²) in [6.07, 6.45) is 1.02. The molecule has 17 heavy (non-hydrogen) atoms. The molecule has 1 atom stereocenters. The summed E-state index contributed by atoms with van der Waals surface area (Å²) < 4.78 is 18.2. The van der Waals surface area contributed by atoms with Crippen LogP contribution in [-0.4, -0.2) is 30.6 Å². The third-order valence-electron chi connectivity index (χ3n) is 2.68. The van der Waals surface area contributed by atoms with Gasteiger partial charge in [0.15, 0.2) is 0 Å². The lowest BCUT2D eigenvalue weighted by atomic mass is 10.1. The lowest BCUT2D eigenvalue weighted by Crippen LogP contribution is -2.19. The van der Waals surface area contributed by atoms with Crippen LogP contribution in [0.25, 0.3) is 0 Å². The van der Waals surface area contributed by atoms with Crippen molar-refractivity contribution in [3.05, 3.63) is 29.6 Å². The fourth-order valence-corrected chi connectivity index (χ4v) is 2.90. The number of esters is 1. The number of halogens is 1. The van der Waals surface area contributed by atoms with Crippen LogP contribution in [0, 0.1) is 5.82 Å². The van der Waals surface area contributed by atoms with Crippen molar-refractivity contribution in [1.29, 1.82) is 0 Å². The van der Waals surface area contributed by atoms with Crippen molar-refractivity contribution in [2.75, 3.05) is 23.9 Å². The smallest absolute Gasteiger partial charge is 0.337 e. The van der Waals surface area contributed by atoms with E-state index in [0.29, 0.717) is 11.3 Å². The predicted octanol–water partition coefficient (Wildman–Crippen LogP) is 2.53. The summed E-state index contributed by atoms with van der Waals surface area (Å²) in [7, 11) is 1.31. The highest BCUT2D eigenvalue weighted by molar-refractivity contribution is 7.99. The molecule has 1 aromatic carbocycles. The third kappa shape index (κ3) is 2.91. The molecule has 1 saturated heterocycles. The van der Waals surface area contributed by atoms with E-state index >= 15 is 0 Å². The summed E-state index contributed by atoms with van der Waals surface area (Å²) in [4.78, 5) is 11.3. The van der Waals surface area contributed by atoms with Crippen LogP contribution in [0.15, 0.2) is 18.2 Å². The van der Waals surface area contributed by atoms with Crippen LogP contribution in [0.4, 0.5) is 10.1 Å². The van der Waals surface area contributed by atoms with Gasteiger partial charge in [-0.2, -0.15) is 11.8 Å². The van der Waals surface area contributed by atoms with Crippen molar-refractivity contribution >= 4 is 23.4 Å². The number of carbonyl (C=O) groups excluding carboxylic acids is 1. The van der Waals surface area contributed by atoms with Gasteiger partial charge in [-0.3, -0.25) is 0 Å². The van der Waals surface area contributed by atoms with E-state index in [0.717, 1.165) is 17.9 Å². The van der Waals surface area contributed by atoms with Gasteiger partial charge < -0.3 is 10.1 Å². The molecule has 1 fully saturated rings. The molecule has 1 unspecified atom stereocenters. The Morgan fingerprint density at radius 2 is 2.41 bits per heavy atom. The molecule has 1 heterocycles. The Morgan fingerprint density at radius 3 is 3.06 bits per heavy atom. The van der Waals surface area contributed by atoms with Crippen LogP contribution in [0.5, 0.6) is 0 Å². The van der Waals surface area contributed by atoms with Gasteiger partial charge in [-0.15, -0.1) is 0 Å². The number of thioether (sulfide) groups is 1. The van der Waals surface area contributed by atoms with Gasteiger partial charge in [0.05, 0.1) is 18.4 Å². The Balaban J connectivity index is 2.16. The molecule has 0 bridgehead atoms. The number of methoxy groups -OCH3 is 1. The largest absolute Gasteiger partial charge is 0.465 e. The molecule has 3 nitrogen and oxygen atoms in total. The van der Waals surface area contributed by atoms with E-state index < -0.39 is 5.97 Å². The van der Waals surface area contributed by atoms with Crippen molar-refractivity contribution in [3.8, 4) is 0 Å². The van der Waals surface area contributed by atoms with Crippen molar-refractivity contribution in [3.63, 3.8) is 0 Å². The fraction of sp³-hybridized carbons (Fsp3) is 0.417. The standard InChI is InChI=1S/C12H14FNO2S/c1-16-12(15)8-2-3-10(13)11(6-8)14-9-4-5-17-7-9/h2-3,6,9,14H,4-5,7H2,1H3. The van der Waals surface area contributed by atoms with Crippen molar-refractivity contribution in [1.82, 2.24) is 0 Å². The van der Waals surface area contributed by atoms with Gasteiger partial charge in [0.25, 0.3) is 0 Å². The number of benzene rings is 1. The van der Waals surface area contributed by atoms with E-state index in [1.807, 2.05) is 11.8 Å². The first kappa shape index (κ1) is 12.2. The third-order valence-corrected chi connectivity index (χ3v) is 3.84. The van der Waals surface area contributed by atoms with Crippen LogP contribution < -0.4 is 5.32 Å². The average molecular weight is 255 g/mol. The SMILES string of the molecule is COC(=O)c1ccc(F)c(NC2CCSC2)c1. The van der Waals surface area contributed by atoms with Crippen LogP contribution >= 0.6 is 11.8 Å². The topological polar surface area (TPSA) is 38.3 Å². The highest BCUT2D eigenvalue weighted by Crippen LogP contribution is 2.24. The Bertz CT molecular complexity index is 419. The molecular weight excluding hydrogens is 241 g/mol. The summed E-state index contributed by atoms with van der Waals surface area (Å²) >= 11 is 1.85. The molecule has 1 N–H and O–H groups in total. The number of hydrogen-bond donors (Lipinski definition) is 1. The van der Waals surface area contributed by atoms with Crippen molar-refractivity contribution in [2.24, 2.45) is 0 Å². The number of carbonyl (C=O) groups is 1. The second kappa shape index (κ2) is 5.40. The Kier molecular flexibility index (Phi) is 3.89. The predicted molar refractivity (Wildman–Crippen MR) is 67.1 cm³/mol. The Labute approximate surface area is 104 Å². The molecule has 0 aromatic heterocycles. The summed E-state index contributed by atoms with van der Waals surface area (Å²) in [5.74, 6) is 1.28. The van der Waals surface area contributed by atoms with E-state index in [9.17, 15) is 9.18 Å². The van der Waals surface area contributed by atoms with Crippen LogP contribution in [-0.2, 0) is 4.74 Å². The van der Waals surface area contributed by atoms with E-state index in [-0.39, 0.29) is 11.9 Å². The highest BCUT2D eigenvalue weighted by atomic mass is 32.2. The normalized spacial score (nSPS) is 19.1. The second-order valence-corrected chi connectivity index (χ2v) is 5.04. The zero-order valence-electron chi connectivity index (χ0n) is 9.53. The maximum Gasteiger partial charge on any atom is 0.337 e. The molecule has 1 aromatic rings. The highest BCUT2D eigenvalue weighted by Gasteiger charge is 2.17. The summed E-state index contributed by atoms with van der Waals surface area (Å²) in [5, 5.41) is 3.12. The van der Waals surface area contributed by atoms with Gasteiger partial charge in [-0.05, 0) is 30.4 Å². The molecular formula is C12H14FNO2S. The molecule has 1 aliphatic heterocycles. The number of rotatable bonds is 3. The maximum atomic E-state index is 13.6. The van der Waals surface area contributed by atoms with Crippen molar-refractivity contribution < 1.29 is 13.9 Å². The van der Waals surface area contributed by atoms with Crippen LogP contribution in [0.3, 0.4) is 0 Å². The quantitative estimate of drug-likeness (QED) is 0.842. The minimum absolute atomic E-state index is 0.280. The lowest BCUT2D eigenvalue weighted by molar-refractivity contribution is 0.0600. The second-order valence-electron chi connectivity index (χ2n) is 3.89. The molecule has 92 valence electrons. The number of hydrogen-bond acceptors (Lipinski definition) is 4. The van der Waals surface area contributed by atoms with E-state index in [1.165, 1.54) is 25.3 Å². The first-order valence-electron chi connectivity index (χ1n) is 5.43.